The molecule has 9 heteroatoms. The zero-order chi connectivity index (χ0) is 29.6. The molecule has 1 aliphatic heterocycles. The molecule has 6 nitrogen and oxygen atoms in total. The van der Waals surface area contributed by atoms with E-state index in [-0.39, 0.29) is 43.7 Å². The second kappa shape index (κ2) is 13.5. The van der Waals surface area contributed by atoms with Crippen molar-refractivity contribution < 1.29 is 32.5 Å². The van der Waals surface area contributed by atoms with Crippen molar-refractivity contribution in [3.63, 3.8) is 0 Å². The monoisotopic (exact) mass is 568 g/mol. The SMILES string of the molecule is CCOC(O)COCC#CC#CCOc1cc(F)c([C@@H]2c3[nH]c4ccccc4c3C[C@@H](C)N2CC(C)(C)F)c(F)c1. The van der Waals surface area contributed by atoms with Gasteiger partial charge in [-0.3, -0.25) is 4.90 Å². The summed E-state index contributed by atoms with van der Waals surface area (Å²) in [5, 5.41) is 10.4. The quantitative estimate of drug-likeness (QED) is 0.198. The van der Waals surface area contributed by atoms with Gasteiger partial charge in [0.05, 0.1) is 12.6 Å². The lowest BCUT2D eigenvalue weighted by molar-refractivity contribution is -0.131. The largest absolute Gasteiger partial charge is 0.481 e. The number of para-hydroxylation sites is 1. The third-order valence-corrected chi connectivity index (χ3v) is 6.75. The van der Waals surface area contributed by atoms with Crippen LogP contribution >= 0.6 is 0 Å². The molecule has 41 heavy (non-hydrogen) atoms. The van der Waals surface area contributed by atoms with Crippen LogP contribution in [0.3, 0.4) is 0 Å². The number of aliphatic hydroxyl groups is 1. The second-order valence-electron chi connectivity index (χ2n) is 10.5. The summed E-state index contributed by atoms with van der Waals surface area (Å²) in [5.41, 5.74) is 0.781. The number of hydrogen-bond donors (Lipinski definition) is 2. The predicted octanol–water partition coefficient (Wildman–Crippen LogP) is 5.29. The van der Waals surface area contributed by atoms with Crippen LogP contribution in [-0.2, 0) is 15.9 Å². The Hall–Kier alpha value is -3.47. The standard InChI is InChI=1S/C32H35F3N2O4/c1-5-40-28(38)19-39-14-10-6-7-11-15-41-22-17-25(33)29(26(34)18-22)31-30-24(23-12-8-9-13-27(23)36-30)16-21(2)37(31)20-32(3,4)35/h8-9,12-13,17-18,21,28,31,36,38H,5,14-16,19-20H2,1-4H3/t21-,28?,31-/m1/s1. The van der Waals surface area contributed by atoms with Gasteiger partial charge in [0.25, 0.3) is 0 Å². The lowest BCUT2D eigenvalue weighted by Crippen LogP contribution is -2.48. The number of aliphatic hydroxyl groups excluding tert-OH is 1. The molecule has 0 amide bonds. The van der Waals surface area contributed by atoms with Gasteiger partial charge in [0.15, 0.2) is 6.29 Å². The minimum absolute atomic E-state index is 0.000462. The number of nitrogens with zero attached hydrogens (tertiary/aromatic N) is 1. The van der Waals surface area contributed by atoms with Crippen LogP contribution in [-0.4, -0.2) is 66.0 Å². The van der Waals surface area contributed by atoms with E-state index in [2.05, 4.69) is 28.7 Å². The molecule has 1 aliphatic rings. The van der Waals surface area contributed by atoms with Crippen molar-refractivity contribution in [3.05, 3.63) is 64.9 Å². The van der Waals surface area contributed by atoms with E-state index in [0.717, 1.165) is 28.6 Å². The van der Waals surface area contributed by atoms with Crippen LogP contribution in [0.4, 0.5) is 13.2 Å². The van der Waals surface area contributed by atoms with E-state index < -0.39 is 29.6 Å². The lowest BCUT2D eigenvalue weighted by atomic mass is 9.87. The van der Waals surface area contributed by atoms with Crippen molar-refractivity contribution in [2.24, 2.45) is 0 Å². The second-order valence-corrected chi connectivity index (χ2v) is 10.5. The van der Waals surface area contributed by atoms with Gasteiger partial charge in [-0.05, 0) is 63.5 Å². The molecule has 2 heterocycles. The third-order valence-electron chi connectivity index (χ3n) is 6.75. The molecule has 218 valence electrons. The van der Waals surface area contributed by atoms with E-state index in [4.69, 9.17) is 14.2 Å². The Kier molecular flexibility index (Phi) is 10.0. The molecule has 0 bridgehead atoms. The van der Waals surface area contributed by atoms with Crippen molar-refractivity contribution >= 4 is 10.9 Å². The highest BCUT2D eigenvalue weighted by molar-refractivity contribution is 5.85. The molecule has 0 aliphatic carbocycles. The van der Waals surface area contributed by atoms with Crippen LogP contribution in [0, 0.1) is 35.3 Å². The number of hydrogen-bond acceptors (Lipinski definition) is 5. The van der Waals surface area contributed by atoms with Crippen LogP contribution in [0.15, 0.2) is 36.4 Å². The highest BCUT2D eigenvalue weighted by Gasteiger charge is 2.41. The zero-order valence-electron chi connectivity index (χ0n) is 23.7. The average Bonchev–Trinajstić information content (AvgIpc) is 3.26. The fourth-order valence-corrected chi connectivity index (χ4v) is 5.14. The molecule has 1 aromatic heterocycles. The van der Waals surface area contributed by atoms with Gasteiger partial charge in [-0.25, -0.2) is 13.2 Å². The van der Waals surface area contributed by atoms with Crippen LogP contribution < -0.4 is 4.74 Å². The first-order valence-corrected chi connectivity index (χ1v) is 13.6. The molecule has 0 saturated carbocycles. The summed E-state index contributed by atoms with van der Waals surface area (Å²) in [7, 11) is 0. The third kappa shape index (κ3) is 7.63. The highest BCUT2D eigenvalue weighted by Crippen LogP contribution is 2.43. The van der Waals surface area contributed by atoms with Crippen LogP contribution in [0.2, 0.25) is 0 Å². The molecule has 3 atom stereocenters. The normalized spacial score (nSPS) is 17.8. The Bertz CT molecular complexity index is 1450. The number of nitrogens with one attached hydrogen (secondary N) is 1. The van der Waals surface area contributed by atoms with Crippen molar-refractivity contribution in [1.29, 1.82) is 0 Å². The summed E-state index contributed by atoms with van der Waals surface area (Å²) in [5.74, 6) is 8.88. The number of ether oxygens (including phenoxy) is 3. The van der Waals surface area contributed by atoms with Gasteiger partial charge < -0.3 is 24.3 Å². The highest BCUT2D eigenvalue weighted by atomic mass is 19.1. The molecule has 0 fully saturated rings. The average molecular weight is 569 g/mol. The molecule has 0 saturated heterocycles. The molecule has 0 radical (unpaired) electrons. The van der Waals surface area contributed by atoms with Crippen LogP contribution in [0.25, 0.3) is 10.9 Å². The Balaban J connectivity index is 1.52. The van der Waals surface area contributed by atoms with E-state index >= 15 is 8.78 Å². The van der Waals surface area contributed by atoms with E-state index in [1.165, 1.54) is 13.8 Å². The van der Waals surface area contributed by atoms with Gasteiger partial charge in [0.2, 0.25) is 0 Å². The summed E-state index contributed by atoms with van der Waals surface area (Å²) in [6.45, 7) is 6.94. The number of aromatic amines is 1. The number of alkyl halides is 1. The smallest absolute Gasteiger partial charge is 0.178 e. The number of aromatic nitrogens is 1. The van der Waals surface area contributed by atoms with Crippen LogP contribution in [0.1, 0.15) is 50.6 Å². The summed E-state index contributed by atoms with van der Waals surface area (Å²) in [6, 6.07) is 8.98. The van der Waals surface area contributed by atoms with Gasteiger partial charge in [-0.15, -0.1) is 0 Å². The number of fused-ring (bicyclic) bond motifs is 3. The summed E-state index contributed by atoms with van der Waals surface area (Å²) >= 11 is 0. The Morgan fingerprint density at radius 2 is 1.80 bits per heavy atom. The van der Waals surface area contributed by atoms with Crippen molar-refractivity contribution in [2.75, 3.05) is 33.0 Å². The van der Waals surface area contributed by atoms with Gasteiger partial charge in [0, 0.05) is 53.5 Å². The van der Waals surface area contributed by atoms with Gasteiger partial charge in [0.1, 0.15) is 36.3 Å². The molecule has 0 spiro atoms. The molecule has 3 aromatic rings. The van der Waals surface area contributed by atoms with E-state index in [1.54, 1.807) is 6.92 Å². The number of H-pyrrole nitrogens is 1. The maximum atomic E-state index is 15.7. The molecule has 2 aromatic carbocycles. The summed E-state index contributed by atoms with van der Waals surface area (Å²) in [4.78, 5) is 5.18. The minimum atomic E-state index is -1.58. The number of halogens is 3. The Morgan fingerprint density at radius 1 is 1.12 bits per heavy atom. The first-order chi connectivity index (χ1) is 19.6. The number of rotatable bonds is 10. The fraction of sp³-hybridized carbons (Fsp3) is 0.438. The topological polar surface area (TPSA) is 67.0 Å². The maximum absolute atomic E-state index is 15.7. The van der Waals surface area contributed by atoms with Gasteiger partial charge in [-0.2, -0.15) is 0 Å². The first kappa shape index (κ1) is 30.5. The molecule has 1 unspecified atom stereocenters. The van der Waals surface area contributed by atoms with E-state index in [1.807, 2.05) is 36.1 Å². The zero-order valence-corrected chi connectivity index (χ0v) is 23.7. The number of benzene rings is 2. The lowest BCUT2D eigenvalue weighted by Gasteiger charge is -2.43. The van der Waals surface area contributed by atoms with Gasteiger partial charge >= 0.3 is 0 Å². The summed E-state index contributed by atoms with van der Waals surface area (Å²) in [6.07, 6.45) is -0.377. The summed E-state index contributed by atoms with van der Waals surface area (Å²) < 4.78 is 61.8. The predicted molar refractivity (Wildman–Crippen MR) is 151 cm³/mol. The molecule has 4 rings (SSSR count). The first-order valence-electron chi connectivity index (χ1n) is 13.6. The van der Waals surface area contributed by atoms with Crippen LogP contribution in [0.5, 0.6) is 5.75 Å². The Labute approximate surface area is 238 Å². The van der Waals surface area contributed by atoms with E-state index in [9.17, 15) is 9.50 Å². The minimum Gasteiger partial charge on any atom is -0.481 e. The van der Waals surface area contributed by atoms with Crippen molar-refractivity contribution in [3.8, 4) is 29.4 Å². The van der Waals surface area contributed by atoms with Gasteiger partial charge in [-0.1, -0.05) is 24.1 Å². The van der Waals surface area contributed by atoms with E-state index in [0.29, 0.717) is 18.7 Å². The maximum Gasteiger partial charge on any atom is 0.178 e. The Morgan fingerprint density at radius 3 is 2.49 bits per heavy atom. The van der Waals surface area contributed by atoms with Crippen molar-refractivity contribution in [1.82, 2.24) is 9.88 Å². The van der Waals surface area contributed by atoms with Crippen molar-refractivity contribution in [2.45, 2.75) is 58.2 Å². The molecular weight excluding hydrogens is 533 g/mol. The molecule has 2 N–H and O–H groups in total. The fourth-order valence-electron chi connectivity index (χ4n) is 5.14. The molecular formula is C32H35F3N2O4.